The second-order valence-electron chi connectivity index (χ2n) is 2.96. The smallest absolute Gasteiger partial charge is 0.120 e. The molecule has 0 radical (unpaired) electrons. The third kappa shape index (κ3) is 2.37. The first-order chi connectivity index (χ1) is 5.34. The van der Waals surface area contributed by atoms with Gasteiger partial charge in [0.2, 0.25) is 0 Å². The fourth-order valence-corrected chi connectivity index (χ4v) is 1.46. The predicted octanol–water partition coefficient (Wildman–Crippen LogP) is 2.35. The van der Waals surface area contributed by atoms with Crippen molar-refractivity contribution >= 4 is 6.29 Å². The Morgan fingerprint density at radius 2 is 2.27 bits per heavy atom. The maximum Gasteiger partial charge on any atom is 0.120 e. The van der Waals surface area contributed by atoms with E-state index in [-0.39, 0.29) is 0 Å². The van der Waals surface area contributed by atoms with Gasteiger partial charge in [-0.1, -0.05) is 0 Å². The van der Waals surface area contributed by atoms with Crippen LogP contribution in [0, 0.1) is 0 Å². The van der Waals surface area contributed by atoms with Crippen LogP contribution >= 0.6 is 0 Å². The molecule has 0 aromatic carbocycles. The first-order valence-corrected chi connectivity index (χ1v) is 4.18. The van der Waals surface area contributed by atoms with Gasteiger partial charge >= 0.3 is 0 Å². The van der Waals surface area contributed by atoms with Crippen LogP contribution in [0.15, 0.2) is 11.3 Å². The number of carbonyl (C=O) groups is 1. The van der Waals surface area contributed by atoms with E-state index < -0.39 is 0 Å². The van der Waals surface area contributed by atoms with Crippen molar-refractivity contribution < 1.29 is 9.90 Å². The summed E-state index contributed by atoms with van der Waals surface area (Å²) in [5.74, 6) is 0.580. The molecule has 0 saturated carbocycles. The average Bonchev–Trinajstić information content (AvgIpc) is 2.37. The Balaban J connectivity index is 2.25. The Morgan fingerprint density at radius 3 is 2.82 bits per heavy atom. The lowest BCUT2D eigenvalue weighted by atomic mass is 10.1. The summed E-state index contributed by atoms with van der Waals surface area (Å²) in [6, 6.07) is 0. The molecule has 0 saturated heterocycles. The summed E-state index contributed by atoms with van der Waals surface area (Å²) < 4.78 is 0. The summed E-state index contributed by atoms with van der Waals surface area (Å²) in [5.41, 5.74) is 1.17. The van der Waals surface area contributed by atoms with Crippen LogP contribution in [0.3, 0.4) is 0 Å². The molecule has 62 valence electrons. The molecule has 0 fully saturated rings. The largest absolute Gasteiger partial charge is 0.512 e. The first-order valence-electron chi connectivity index (χ1n) is 4.18. The van der Waals surface area contributed by atoms with E-state index in [2.05, 4.69) is 0 Å². The Kier molecular flexibility index (Phi) is 3.14. The van der Waals surface area contributed by atoms with Gasteiger partial charge in [0, 0.05) is 12.8 Å². The summed E-state index contributed by atoms with van der Waals surface area (Å²) in [6.45, 7) is 0. The van der Waals surface area contributed by atoms with E-state index in [0.717, 1.165) is 38.4 Å². The zero-order valence-electron chi connectivity index (χ0n) is 6.68. The number of aliphatic hydroxyl groups excluding tert-OH is 1. The molecular formula is C9H14O2. The number of hydrogen-bond acceptors (Lipinski definition) is 2. The molecule has 1 N–H and O–H groups in total. The summed E-state index contributed by atoms with van der Waals surface area (Å²) in [5, 5.41) is 9.28. The van der Waals surface area contributed by atoms with Crippen LogP contribution in [0.1, 0.15) is 38.5 Å². The minimum Gasteiger partial charge on any atom is -0.512 e. The minimum atomic E-state index is 0.580. The quantitative estimate of drug-likeness (QED) is 0.498. The summed E-state index contributed by atoms with van der Waals surface area (Å²) in [4.78, 5) is 9.98. The molecule has 1 aliphatic carbocycles. The average molecular weight is 154 g/mol. The monoisotopic (exact) mass is 154 g/mol. The molecule has 0 aromatic rings. The molecule has 2 nitrogen and oxygen atoms in total. The van der Waals surface area contributed by atoms with E-state index in [1.807, 2.05) is 0 Å². The summed E-state index contributed by atoms with van der Waals surface area (Å²) in [6.07, 6.45) is 6.32. The molecule has 0 aromatic heterocycles. The second kappa shape index (κ2) is 4.16. The van der Waals surface area contributed by atoms with Crippen molar-refractivity contribution in [1.29, 1.82) is 0 Å². The van der Waals surface area contributed by atoms with E-state index in [1.165, 1.54) is 5.57 Å². The Bertz CT molecular complexity index is 170. The van der Waals surface area contributed by atoms with Gasteiger partial charge in [-0.3, -0.25) is 0 Å². The highest BCUT2D eigenvalue weighted by atomic mass is 16.3. The van der Waals surface area contributed by atoms with Crippen molar-refractivity contribution in [1.82, 2.24) is 0 Å². The zero-order chi connectivity index (χ0) is 8.10. The van der Waals surface area contributed by atoms with Crippen molar-refractivity contribution in [3.8, 4) is 0 Å². The molecule has 0 amide bonds. The number of unbranched alkanes of at least 4 members (excludes halogenated alkanes) is 1. The van der Waals surface area contributed by atoms with Crippen LogP contribution in [0.2, 0.25) is 0 Å². The van der Waals surface area contributed by atoms with E-state index in [4.69, 9.17) is 0 Å². The predicted molar refractivity (Wildman–Crippen MR) is 43.4 cm³/mol. The molecule has 0 spiro atoms. The molecule has 0 aliphatic heterocycles. The number of rotatable bonds is 4. The lowest BCUT2D eigenvalue weighted by Gasteiger charge is -1.99. The van der Waals surface area contributed by atoms with Crippen molar-refractivity contribution in [3.63, 3.8) is 0 Å². The standard InChI is InChI=1S/C9H14O2/c10-7-2-1-4-8-5-3-6-9(8)11/h7,11H,1-6H2. The fourth-order valence-electron chi connectivity index (χ4n) is 1.46. The van der Waals surface area contributed by atoms with Gasteiger partial charge in [0.25, 0.3) is 0 Å². The number of aliphatic hydroxyl groups is 1. The van der Waals surface area contributed by atoms with Crippen molar-refractivity contribution in [2.45, 2.75) is 38.5 Å². The molecule has 1 rings (SSSR count). The fraction of sp³-hybridized carbons (Fsp3) is 0.667. The van der Waals surface area contributed by atoms with E-state index in [1.54, 1.807) is 0 Å². The molecular weight excluding hydrogens is 140 g/mol. The highest BCUT2D eigenvalue weighted by molar-refractivity contribution is 5.49. The highest BCUT2D eigenvalue weighted by Crippen LogP contribution is 2.27. The van der Waals surface area contributed by atoms with Crippen LogP contribution in [-0.2, 0) is 4.79 Å². The Hall–Kier alpha value is -0.790. The van der Waals surface area contributed by atoms with E-state index in [0.29, 0.717) is 12.2 Å². The number of allylic oxidation sites excluding steroid dienone is 2. The molecule has 1 aliphatic rings. The van der Waals surface area contributed by atoms with Gasteiger partial charge in [0.15, 0.2) is 0 Å². The van der Waals surface area contributed by atoms with Crippen LogP contribution in [0.25, 0.3) is 0 Å². The zero-order valence-corrected chi connectivity index (χ0v) is 6.68. The minimum absolute atomic E-state index is 0.580. The van der Waals surface area contributed by atoms with Crippen LogP contribution in [0.4, 0.5) is 0 Å². The number of carbonyl (C=O) groups excluding carboxylic acids is 1. The molecule has 0 heterocycles. The third-order valence-corrected chi connectivity index (χ3v) is 2.10. The maximum absolute atomic E-state index is 9.98. The topological polar surface area (TPSA) is 37.3 Å². The molecule has 0 atom stereocenters. The molecule has 2 heteroatoms. The first kappa shape index (κ1) is 8.31. The van der Waals surface area contributed by atoms with Crippen molar-refractivity contribution in [2.24, 2.45) is 0 Å². The highest BCUT2D eigenvalue weighted by Gasteiger charge is 2.11. The van der Waals surface area contributed by atoms with Gasteiger partial charge < -0.3 is 9.90 Å². The summed E-state index contributed by atoms with van der Waals surface area (Å²) >= 11 is 0. The van der Waals surface area contributed by atoms with Gasteiger partial charge in [0.1, 0.15) is 6.29 Å². The van der Waals surface area contributed by atoms with Gasteiger partial charge in [-0.05, 0) is 31.3 Å². The molecule has 11 heavy (non-hydrogen) atoms. The van der Waals surface area contributed by atoms with E-state index >= 15 is 0 Å². The van der Waals surface area contributed by atoms with Crippen molar-refractivity contribution in [2.75, 3.05) is 0 Å². The van der Waals surface area contributed by atoms with Crippen molar-refractivity contribution in [3.05, 3.63) is 11.3 Å². The maximum atomic E-state index is 9.98. The van der Waals surface area contributed by atoms with Gasteiger partial charge in [0.05, 0.1) is 5.76 Å². The normalized spacial score (nSPS) is 17.5. The van der Waals surface area contributed by atoms with Gasteiger partial charge in [-0.15, -0.1) is 0 Å². The lowest BCUT2D eigenvalue weighted by Crippen LogP contribution is -1.84. The number of hydrogen-bond donors (Lipinski definition) is 1. The molecule has 0 unspecified atom stereocenters. The third-order valence-electron chi connectivity index (χ3n) is 2.10. The SMILES string of the molecule is O=CCCCC1=C(O)CCC1. The Labute approximate surface area is 66.9 Å². The van der Waals surface area contributed by atoms with Crippen LogP contribution in [0.5, 0.6) is 0 Å². The number of aldehydes is 1. The summed E-state index contributed by atoms with van der Waals surface area (Å²) in [7, 11) is 0. The van der Waals surface area contributed by atoms with Crippen LogP contribution < -0.4 is 0 Å². The lowest BCUT2D eigenvalue weighted by molar-refractivity contribution is -0.107. The van der Waals surface area contributed by atoms with Crippen LogP contribution in [-0.4, -0.2) is 11.4 Å². The second-order valence-corrected chi connectivity index (χ2v) is 2.96. The van der Waals surface area contributed by atoms with Gasteiger partial charge in [-0.25, -0.2) is 0 Å². The Morgan fingerprint density at radius 1 is 1.45 bits per heavy atom. The van der Waals surface area contributed by atoms with E-state index in [9.17, 15) is 9.90 Å². The molecule has 0 bridgehead atoms. The van der Waals surface area contributed by atoms with Gasteiger partial charge in [-0.2, -0.15) is 0 Å².